The van der Waals surface area contributed by atoms with E-state index in [4.69, 9.17) is 11.6 Å². The highest BCUT2D eigenvalue weighted by molar-refractivity contribution is 7.90. The van der Waals surface area contributed by atoms with Crippen LogP contribution in [0.4, 0.5) is 15.8 Å². The SMILES string of the molecule is CCCCCCCN1C(=CC=C(Cl)C=CC2=[N+](CCCCCCC)c3ccc(S(C)(=O)=O)cc3C2(C)C)C(C)(C)c2cc(C)ccc21.Fc1cccc([B-]Cc2ccccc2)c1. The molecule has 8 heteroatoms. The van der Waals surface area contributed by atoms with E-state index in [1.165, 1.54) is 98.2 Å². The van der Waals surface area contributed by atoms with Crippen molar-refractivity contribution in [3.05, 3.63) is 154 Å². The van der Waals surface area contributed by atoms with E-state index in [9.17, 15) is 12.8 Å². The lowest BCUT2D eigenvalue weighted by molar-refractivity contribution is -0.438. The fraction of sp³-hybridized carbons (Fsp3) is 0.426. The molecule has 2 heterocycles. The van der Waals surface area contributed by atoms with Crippen LogP contribution in [0.2, 0.25) is 0 Å². The number of allylic oxidation sites excluding steroid dienone is 6. The van der Waals surface area contributed by atoms with Gasteiger partial charge in [0.25, 0.3) is 0 Å². The highest BCUT2D eigenvalue weighted by Gasteiger charge is 2.45. The van der Waals surface area contributed by atoms with Gasteiger partial charge in [-0.3, -0.25) is 12.7 Å². The van der Waals surface area contributed by atoms with Gasteiger partial charge >= 0.3 is 0 Å². The smallest absolute Gasteiger partial charge is 0.209 e. The normalized spacial score (nSPS) is 16.2. The monoisotopic (exact) mass is 874 g/mol. The Bertz CT molecular complexity index is 2360. The number of nitrogens with zero attached hydrogens (tertiary/aromatic N) is 2. The summed E-state index contributed by atoms with van der Waals surface area (Å²) >= 11 is 6.98. The van der Waals surface area contributed by atoms with Crippen molar-refractivity contribution in [2.24, 2.45) is 0 Å². The summed E-state index contributed by atoms with van der Waals surface area (Å²) in [6.45, 7) is 17.6. The number of hydrogen-bond acceptors (Lipinski definition) is 3. The lowest BCUT2D eigenvalue weighted by Gasteiger charge is -2.27. The minimum absolute atomic E-state index is 0.127. The summed E-state index contributed by atoms with van der Waals surface area (Å²) in [6, 6.07) is 29.2. The number of fused-ring (bicyclic) bond motifs is 2. The maximum atomic E-state index is 12.9. The first-order valence-corrected chi connectivity index (χ1v) is 25.1. The van der Waals surface area contributed by atoms with Gasteiger partial charge in [-0.15, -0.1) is 6.07 Å². The first kappa shape index (κ1) is 48.8. The van der Waals surface area contributed by atoms with Crippen LogP contribution >= 0.6 is 11.6 Å². The molecule has 4 nitrogen and oxygen atoms in total. The molecule has 2 radical (unpaired) electrons. The number of sulfone groups is 1. The Labute approximate surface area is 379 Å². The van der Waals surface area contributed by atoms with Crippen molar-refractivity contribution in [2.45, 2.75) is 135 Å². The second-order valence-corrected chi connectivity index (χ2v) is 20.6. The van der Waals surface area contributed by atoms with E-state index in [-0.39, 0.29) is 16.6 Å². The first-order valence-electron chi connectivity index (χ1n) is 22.8. The van der Waals surface area contributed by atoms with Crippen molar-refractivity contribution in [1.82, 2.24) is 0 Å². The molecule has 0 aliphatic carbocycles. The Morgan fingerprint density at radius 3 is 2.16 bits per heavy atom. The number of aryl methyl sites for hydroxylation is 1. The molecule has 2 aliphatic rings. The molecule has 0 unspecified atom stereocenters. The summed E-state index contributed by atoms with van der Waals surface area (Å²) in [4.78, 5) is 2.88. The predicted octanol–water partition coefficient (Wildman–Crippen LogP) is 13.4. The van der Waals surface area contributed by atoms with Gasteiger partial charge < -0.3 is 4.90 Å². The van der Waals surface area contributed by atoms with Crippen LogP contribution in [-0.4, -0.2) is 45.3 Å². The van der Waals surface area contributed by atoms with Crippen LogP contribution in [0.25, 0.3) is 0 Å². The molecule has 330 valence electrons. The third-order valence-electron chi connectivity index (χ3n) is 12.4. The van der Waals surface area contributed by atoms with Gasteiger partial charge in [-0.2, -0.15) is 4.58 Å². The van der Waals surface area contributed by atoms with E-state index < -0.39 is 9.84 Å². The van der Waals surface area contributed by atoms with E-state index in [0.717, 1.165) is 48.3 Å². The molecule has 0 spiro atoms. The molecule has 0 saturated heterocycles. The van der Waals surface area contributed by atoms with Gasteiger partial charge in [0.1, 0.15) is 12.4 Å². The lowest BCUT2D eigenvalue weighted by Crippen LogP contribution is -2.28. The lowest BCUT2D eigenvalue weighted by atomic mass is 9.65. The molecular formula is C54H69BClFN2O2S. The molecule has 2 aliphatic heterocycles. The van der Waals surface area contributed by atoms with Crippen molar-refractivity contribution >= 4 is 51.3 Å². The largest absolute Gasteiger partial charge is 0.344 e. The number of unbranched alkanes of at least 4 members (excludes halogenated alkanes) is 8. The number of hydrogen-bond donors (Lipinski definition) is 0. The van der Waals surface area contributed by atoms with Gasteiger partial charge in [0.15, 0.2) is 15.5 Å². The molecular weight excluding hydrogens is 806 g/mol. The number of anilines is 1. The zero-order chi connectivity index (χ0) is 44.9. The van der Waals surface area contributed by atoms with Crippen LogP contribution in [0.1, 0.15) is 128 Å². The van der Waals surface area contributed by atoms with E-state index in [1.54, 1.807) is 18.2 Å². The van der Waals surface area contributed by atoms with Gasteiger partial charge in [0, 0.05) is 58.8 Å². The number of halogens is 2. The molecule has 0 N–H and O–H groups in total. The third kappa shape index (κ3) is 12.7. The van der Waals surface area contributed by atoms with Crippen LogP contribution in [-0.2, 0) is 27.0 Å². The van der Waals surface area contributed by atoms with Crippen LogP contribution < -0.4 is 10.4 Å². The Morgan fingerprint density at radius 1 is 0.790 bits per heavy atom. The Hall–Kier alpha value is -4.20. The summed E-state index contributed by atoms with van der Waals surface area (Å²) in [5, 5.41) is 0.669. The summed E-state index contributed by atoms with van der Waals surface area (Å²) in [6.07, 6.45) is 22.8. The van der Waals surface area contributed by atoms with Gasteiger partial charge in [-0.25, -0.2) is 19.1 Å². The van der Waals surface area contributed by atoms with Gasteiger partial charge in [0.05, 0.1) is 10.3 Å². The number of rotatable bonds is 19. The first-order chi connectivity index (χ1) is 29.6. The van der Waals surface area contributed by atoms with Crippen LogP contribution in [0, 0.1) is 12.7 Å². The van der Waals surface area contributed by atoms with Crippen LogP contribution in [0.5, 0.6) is 0 Å². The number of benzene rings is 4. The van der Waals surface area contributed by atoms with Crippen molar-refractivity contribution in [3.8, 4) is 0 Å². The minimum Gasteiger partial charge on any atom is -0.344 e. The summed E-state index contributed by atoms with van der Waals surface area (Å²) < 4.78 is 40.2. The average molecular weight is 875 g/mol. The summed E-state index contributed by atoms with van der Waals surface area (Å²) in [7, 11) is -1.29. The van der Waals surface area contributed by atoms with E-state index in [0.29, 0.717) is 9.93 Å². The highest BCUT2D eigenvalue weighted by atomic mass is 35.5. The molecule has 4 aromatic carbocycles. The van der Waals surface area contributed by atoms with Gasteiger partial charge in [-0.1, -0.05) is 150 Å². The molecule has 62 heavy (non-hydrogen) atoms. The molecule has 4 aromatic rings. The Kier molecular flexibility index (Phi) is 17.7. The van der Waals surface area contributed by atoms with E-state index in [2.05, 4.69) is 100 Å². The molecule has 0 saturated carbocycles. The van der Waals surface area contributed by atoms with Crippen molar-refractivity contribution in [3.63, 3.8) is 0 Å². The Balaban J connectivity index is 0.000000404. The van der Waals surface area contributed by atoms with E-state index >= 15 is 0 Å². The van der Waals surface area contributed by atoms with Crippen molar-refractivity contribution < 1.29 is 17.4 Å². The third-order valence-corrected chi connectivity index (χ3v) is 13.7. The molecule has 0 fully saturated rings. The van der Waals surface area contributed by atoms with Gasteiger partial charge in [-0.05, 0) is 81.7 Å². The summed E-state index contributed by atoms with van der Waals surface area (Å²) in [5.41, 5.74) is 10.2. The standard InChI is InChI=1S/C41H58ClN2O2S.C13H11BF/c1-9-11-13-15-17-27-43-36-23-19-31(3)29-34(36)40(4,5)38(43)25-20-32(42)21-26-39-41(6,7)35-30-33(47(8,45)46)22-24-37(35)44(39)28-18-16-14-12-10-2;15-13-8-4-7-12(9-13)14-10-11-5-2-1-3-6-11/h19-26,29-30H,9-18,27-28H2,1-8H3;1-9H,10H2/q+1;-1. The quantitative estimate of drug-likeness (QED) is 0.0408. The molecule has 0 amide bonds. The second kappa shape index (κ2) is 22.4. The maximum Gasteiger partial charge on any atom is 0.209 e. The average Bonchev–Trinajstić information content (AvgIpc) is 3.58. The molecule has 0 aromatic heterocycles. The summed E-state index contributed by atoms with van der Waals surface area (Å²) in [5.74, 6) is -0.184. The fourth-order valence-corrected chi connectivity index (χ4v) is 9.53. The van der Waals surface area contributed by atoms with Gasteiger partial charge in [0.2, 0.25) is 5.69 Å². The molecule has 6 rings (SSSR count). The van der Waals surface area contributed by atoms with Crippen molar-refractivity contribution in [2.75, 3.05) is 24.2 Å². The molecule has 0 bridgehead atoms. The van der Waals surface area contributed by atoms with Crippen molar-refractivity contribution in [1.29, 1.82) is 0 Å². The maximum absolute atomic E-state index is 12.9. The minimum atomic E-state index is -3.31. The second-order valence-electron chi connectivity index (χ2n) is 18.1. The topological polar surface area (TPSA) is 40.4 Å². The zero-order valence-corrected chi connectivity index (χ0v) is 40.2. The zero-order valence-electron chi connectivity index (χ0n) is 38.6. The Morgan fingerprint density at radius 2 is 1.48 bits per heavy atom. The van der Waals surface area contributed by atoms with E-state index in [1.807, 2.05) is 55.8 Å². The molecule has 0 atom stereocenters. The highest BCUT2D eigenvalue weighted by Crippen LogP contribution is 2.48. The fourth-order valence-electron chi connectivity index (χ4n) is 8.76. The predicted molar refractivity (Wildman–Crippen MR) is 265 cm³/mol. The van der Waals surface area contributed by atoms with Crippen LogP contribution in [0.15, 0.2) is 131 Å². The van der Waals surface area contributed by atoms with Crippen LogP contribution in [0.3, 0.4) is 0 Å².